The summed E-state index contributed by atoms with van der Waals surface area (Å²) in [7, 11) is 0. The van der Waals surface area contributed by atoms with E-state index in [1.165, 1.54) is 6.42 Å². The predicted octanol–water partition coefficient (Wildman–Crippen LogP) is 1.04. The van der Waals surface area contributed by atoms with Crippen molar-refractivity contribution in [2.75, 3.05) is 26.2 Å². The minimum atomic E-state index is -0.185. The highest BCUT2D eigenvalue weighted by molar-refractivity contribution is 5.82. The Labute approximate surface area is 98.3 Å². The molecule has 0 saturated carbocycles. The molecule has 1 aliphatic heterocycles. The van der Waals surface area contributed by atoms with Crippen LogP contribution in [0.15, 0.2) is 0 Å². The zero-order valence-corrected chi connectivity index (χ0v) is 10.5. The van der Waals surface area contributed by atoms with Crippen molar-refractivity contribution in [1.82, 2.24) is 4.90 Å². The van der Waals surface area contributed by atoms with Crippen molar-refractivity contribution in [3.63, 3.8) is 0 Å². The molecule has 1 saturated heterocycles. The van der Waals surface area contributed by atoms with Crippen LogP contribution < -0.4 is 5.73 Å². The number of nitrogens with two attached hydrogens (primary N) is 1. The Bertz CT molecular complexity index is 240. The first-order valence-corrected chi connectivity index (χ1v) is 6.13. The fraction of sp³-hybridized carbons (Fsp3) is 0.917. The van der Waals surface area contributed by atoms with E-state index in [9.17, 15) is 0 Å². The third kappa shape index (κ3) is 3.76. The van der Waals surface area contributed by atoms with Crippen LogP contribution in [-0.2, 0) is 0 Å². The summed E-state index contributed by atoms with van der Waals surface area (Å²) in [6.45, 7) is 7.58. The quantitative estimate of drug-likeness (QED) is 0.469. The van der Waals surface area contributed by atoms with Gasteiger partial charge in [0.2, 0.25) is 0 Å². The molecule has 1 fully saturated rings. The van der Waals surface area contributed by atoms with Gasteiger partial charge in [0.15, 0.2) is 0 Å². The number of hydrogen-bond donors (Lipinski definition) is 3. The number of nitrogens with zero attached hydrogens (tertiary/aromatic N) is 1. The maximum absolute atomic E-state index is 8.88. The van der Waals surface area contributed by atoms with Crippen molar-refractivity contribution in [1.29, 1.82) is 5.41 Å². The van der Waals surface area contributed by atoms with Gasteiger partial charge in [-0.15, -0.1) is 0 Å². The molecule has 0 bridgehead atoms. The van der Waals surface area contributed by atoms with Crippen LogP contribution in [0.3, 0.4) is 0 Å². The monoisotopic (exact) mass is 227 g/mol. The second kappa shape index (κ2) is 5.64. The third-order valence-corrected chi connectivity index (χ3v) is 3.69. The maximum atomic E-state index is 8.88. The summed E-state index contributed by atoms with van der Waals surface area (Å²) in [5.41, 5.74) is 5.38. The van der Waals surface area contributed by atoms with Gasteiger partial charge < -0.3 is 15.7 Å². The number of rotatable bonds is 6. The molecule has 0 aromatic heterocycles. The van der Waals surface area contributed by atoms with Gasteiger partial charge >= 0.3 is 0 Å². The first-order valence-electron chi connectivity index (χ1n) is 6.13. The number of likely N-dealkylation sites (tertiary alicyclic amines) is 1. The lowest BCUT2D eigenvalue weighted by Crippen LogP contribution is -2.35. The van der Waals surface area contributed by atoms with Gasteiger partial charge in [0.05, 0.1) is 5.84 Å². The lowest BCUT2D eigenvalue weighted by atomic mass is 9.88. The highest BCUT2D eigenvalue weighted by Gasteiger charge is 2.26. The lowest BCUT2D eigenvalue weighted by Gasteiger charge is -2.26. The Morgan fingerprint density at radius 3 is 2.81 bits per heavy atom. The molecule has 0 aromatic rings. The van der Waals surface area contributed by atoms with Crippen LogP contribution in [0.4, 0.5) is 0 Å². The minimum Gasteiger partial charge on any atom is -0.396 e. The summed E-state index contributed by atoms with van der Waals surface area (Å²) < 4.78 is 0. The van der Waals surface area contributed by atoms with Gasteiger partial charge in [-0.3, -0.25) is 5.41 Å². The van der Waals surface area contributed by atoms with Crippen molar-refractivity contribution in [3.8, 4) is 0 Å². The SMILES string of the molecule is CC(C)(CCN1CCC(CCO)C1)C(=N)N. The van der Waals surface area contributed by atoms with E-state index in [-0.39, 0.29) is 11.3 Å². The molecule has 0 radical (unpaired) electrons. The Morgan fingerprint density at radius 2 is 2.25 bits per heavy atom. The van der Waals surface area contributed by atoms with E-state index < -0.39 is 0 Å². The van der Waals surface area contributed by atoms with E-state index in [0.717, 1.165) is 32.5 Å². The van der Waals surface area contributed by atoms with Gasteiger partial charge in [-0.2, -0.15) is 0 Å². The van der Waals surface area contributed by atoms with Crippen LogP contribution in [-0.4, -0.2) is 42.1 Å². The van der Waals surface area contributed by atoms with Crippen molar-refractivity contribution < 1.29 is 5.11 Å². The molecule has 1 rings (SSSR count). The van der Waals surface area contributed by atoms with Crippen LogP contribution in [0.25, 0.3) is 0 Å². The first-order chi connectivity index (χ1) is 7.45. The van der Waals surface area contributed by atoms with Gasteiger partial charge in [0, 0.05) is 18.6 Å². The molecule has 1 atom stereocenters. The Morgan fingerprint density at radius 1 is 1.56 bits per heavy atom. The van der Waals surface area contributed by atoms with Crippen molar-refractivity contribution in [2.24, 2.45) is 17.1 Å². The van der Waals surface area contributed by atoms with Crippen LogP contribution >= 0.6 is 0 Å². The summed E-state index contributed by atoms with van der Waals surface area (Å²) >= 11 is 0. The maximum Gasteiger partial charge on any atom is 0.0963 e. The van der Waals surface area contributed by atoms with Gasteiger partial charge in [-0.05, 0) is 38.3 Å². The Balaban J connectivity index is 2.27. The van der Waals surface area contributed by atoms with E-state index in [2.05, 4.69) is 4.90 Å². The van der Waals surface area contributed by atoms with Crippen molar-refractivity contribution >= 4 is 5.84 Å². The second-order valence-corrected chi connectivity index (χ2v) is 5.52. The number of aliphatic hydroxyl groups excluding tert-OH is 1. The highest BCUT2D eigenvalue weighted by Crippen LogP contribution is 2.24. The average Bonchev–Trinajstić information content (AvgIpc) is 2.63. The van der Waals surface area contributed by atoms with Gasteiger partial charge in [-0.25, -0.2) is 0 Å². The van der Waals surface area contributed by atoms with Gasteiger partial charge in [0.1, 0.15) is 0 Å². The molecule has 0 amide bonds. The molecule has 1 heterocycles. The molecule has 16 heavy (non-hydrogen) atoms. The zero-order chi connectivity index (χ0) is 12.2. The molecule has 1 aliphatic rings. The van der Waals surface area contributed by atoms with Crippen LogP contribution in [0.2, 0.25) is 0 Å². The molecular formula is C12H25N3O. The van der Waals surface area contributed by atoms with E-state index in [1.54, 1.807) is 0 Å². The summed E-state index contributed by atoms with van der Waals surface area (Å²) in [5, 5.41) is 16.4. The normalized spacial score (nSPS) is 22.6. The van der Waals surface area contributed by atoms with Crippen LogP contribution in [0, 0.1) is 16.7 Å². The molecule has 0 aromatic carbocycles. The molecule has 4 nitrogen and oxygen atoms in total. The van der Waals surface area contributed by atoms with E-state index in [1.807, 2.05) is 13.8 Å². The standard InChI is InChI=1S/C12H25N3O/c1-12(2,11(13)14)5-7-15-6-3-10(9-15)4-8-16/h10,16H,3-9H2,1-2H3,(H3,13,14). The summed E-state index contributed by atoms with van der Waals surface area (Å²) in [5.74, 6) is 0.934. The third-order valence-electron chi connectivity index (χ3n) is 3.69. The van der Waals surface area contributed by atoms with E-state index >= 15 is 0 Å². The molecular weight excluding hydrogens is 202 g/mol. The number of aliphatic hydroxyl groups is 1. The van der Waals surface area contributed by atoms with Crippen molar-refractivity contribution in [2.45, 2.75) is 33.1 Å². The summed E-state index contributed by atoms with van der Waals surface area (Å²) in [6, 6.07) is 0. The fourth-order valence-electron chi connectivity index (χ4n) is 2.11. The Kier molecular flexibility index (Phi) is 4.74. The summed E-state index contributed by atoms with van der Waals surface area (Å²) in [4.78, 5) is 2.42. The van der Waals surface area contributed by atoms with Gasteiger partial charge in [-0.1, -0.05) is 13.8 Å². The molecule has 0 spiro atoms. The van der Waals surface area contributed by atoms with E-state index in [4.69, 9.17) is 16.2 Å². The smallest absolute Gasteiger partial charge is 0.0963 e. The first kappa shape index (κ1) is 13.5. The largest absolute Gasteiger partial charge is 0.396 e. The molecule has 0 aliphatic carbocycles. The van der Waals surface area contributed by atoms with Gasteiger partial charge in [0.25, 0.3) is 0 Å². The van der Waals surface area contributed by atoms with Crippen molar-refractivity contribution in [3.05, 3.63) is 0 Å². The second-order valence-electron chi connectivity index (χ2n) is 5.52. The molecule has 4 N–H and O–H groups in total. The number of amidine groups is 1. The average molecular weight is 227 g/mol. The Hall–Kier alpha value is -0.610. The van der Waals surface area contributed by atoms with E-state index in [0.29, 0.717) is 12.5 Å². The molecule has 4 heteroatoms. The topological polar surface area (TPSA) is 73.3 Å². The molecule has 94 valence electrons. The predicted molar refractivity (Wildman–Crippen MR) is 66.6 cm³/mol. The minimum absolute atomic E-state index is 0.185. The molecule has 1 unspecified atom stereocenters. The van der Waals surface area contributed by atoms with Crippen LogP contribution in [0.1, 0.15) is 33.1 Å². The highest BCUT2D eigenvalue weighted by atomic mass is 16.3. The number of nitrogens with one attached hydrogen (secondary N) is 1. The zero-order valence-electron chi connectivity index (χ0n) is 10.5. The summed E-state index contributed by atoms with van der Waals surface area (Å²) in [6.07, 6.45) is 3.06. The van der Waals surface area contributed by atoms with Crippen LogP contribution in [0.5, 0.6) is 0 Å². The number of hydrogen-bond acceptors (Lipinski definition) is 3. The lowest BCUT2D eigenvalue weighted by molar-refractivity contribution is 0.244. The fourth-order valence-corrected chi connectivity index (χ4v) is 2.11.